The zero-order chi connectivity index (χ0) is 18.3. The molecule has 0 bridgehead atoms. The van der Waals surface area contributed by atoms with Gasteiger partial charge in [0.05, 0.1) is 6.04 Å². The lowest BCUT2D eigenvalue weighted by Gasteiger charge is -2.20. The van der Waals surface area contributed by atoms with Gasteiger partial charge in [0.1, 0.15) is 0 Å². The van der Waals surface area contributed by atoms with Gasteiger partial charge in [-0.2, -0.15) is 0 Å². The van der Waals surface area contributed by atoms with Gasteiger partial charge in [-0.15, -0.1) is 0 Å². The molecule has 26 heavy (non-hydrogen) atoms. The molecular formula is C23H19Br2N. The van der Waals surface area contributed by atoms with E-state index >= 15 is 0 Å². The largest absolute Gasteiger partial charge is 0.333 e. The number of rotatable bonds is 3. The van der Waals surface area contributed by atoms with Gasteiger partial charge in [-0.05, 0) is 61.4 Å². The molecule has 1 aromatic heterocycles. The molecular weight excluding hydrogens is 450 g/mol. The number of aryl methyl sites for hydroxylation is 1. The van der Waals surface area contributed by atoms with Gasteiger partial charge in [-0.3, -0.25) is 0 Å². The molecule has 1 nitrogen and oxygen atoms in total. The van der Waals surface area contributed by atoms with Crippen molar-refractivity contribution in [3.05, 3.63) is 92.9 Å². The van der Waals surface area contributed by atoms with E-state index in [1.807, 2.05) is 0 Å². The third-order valence-electron chi connectivity index (χ3n) is 4.93. The lowest BCUT2D eigenvalue weighted by Crippen LogP contribution is -2.08. The van der Waals surface area contributed by atoms with E-state index in [0.717, 1.165) is 8.95 Å². The number of aromatic nitrogens is 1. The molecule has 0 unspecified atom stereocenters. The Hall–Kier alpha value is -1.84. The standard InChI is InChI=1S/C23H19Br2N/c1-15-12-19(24)8-10-21(15)23-14-18-13-20(25)9-11-22(18)26(23)16(2)17-6-4-3-5-7-17/h3-14,16H,1-2H3/t16-/m0/s1. The average Bonchev–Trinajstić information content (AvgIpc) is 2.99. The maximum absolute atomic E-state index is 3.61. The summed E-state index contributed by atoms with van der Waals surface area (Å²) >= 11 is 7.20. The molecule has 0 fully saturated rings. The minimum atomic E-state index is 0.243. The molecule has 1 heterocycles. The molecule has 1 atom stereocenters. The van der Waals surface area contributed by atoms with E-state index in [1.165, 1.54) is 33.3 Å². The highest BCUT2D eigenvalue weighted by Gasteiger charge is 2.18. The quantitative estimate of drug-likeness (QED) is 0.289. The first kappa shape index (κ1) is 17.6. The lowest BCUT2D eigenvalue weighted by atomic mass is 10.0. The smallest absolute Gasteiger partial charge is 0.0563 e. The highest BCUT2D eigenvalue weighted by atomic mass is 79.9. The van der Waals surface area contributed by atoms with E-state index in [-0.39, 0.29) is 6.04 Å². The van der Waals surface area contributed by atoms with Crippen LogP contribution in [0.4, 0.5) is 0 Å². The Morgan fingerprint density at radius 1 is 0.808 bits per heavy atom. The molecule has 0 spiro atoms. The average molecular weight is 469 g/mol. The summed E-state index contributed by atoms with van der Waals surface area (Å²) in [5, 5.41) is 1.25. The van der Waals surface area contributed by atoms with E-state index < -0.39 is 0 Å². The van der Waals surface area contributed by atoms with Crippen LogP contribution in [0.25, 0.3) is 22.2 Å². The number of fused-ring (bicyclic) bond motifs is 1. The van der Waals surface area contributed by atoms with Crippen molar-refractivity contribution in [1.82, 2.24) is 4.57 Å². The molecule has 4 rings (SSSR count). The van der Waals surface area contributed by atoms with E-state index in [1.54, 1.807) is 0 Å². The van der Waals surface area contributed by atoms with Crippen LogP contribution in [0, 0.1) is 6.92 Å². The van der Waals surface area contributed by atoms with Crippen molar-refractivity contribution < 1.29 is 0 Å². The van der Waals surface area contributed by atoms with Crippen molar-refractivity contribution >= 4 is 42.8 Å². The maximum atomic E-state index is 3.61. The summed E-state index contributed by atoms with van der Waals surface area (Å²) in [6.07, 6.45) is 0. The van der Waals surface area contributed by atoms with Crippen molar-refractivity contribution in [3.63, 3.8) is 0 Å². The third kappa shape index (κ3) is 3.15. The fourth-order valence-corrected chi connectivity index (χ4v) is 4.48. The van der Waals surface area contributed by atoms with Crippen molar-refractivity contribution in [2.45, 2.75) is 19.9 Å². The molecule has 0 N–H and O–H groups in total. The van der Waals surface area contributed by atoms with Crippen LogP contribution in [0.2, 0.25) is 0 Å². The highest BCUT2D eigenvalue weighted by molar-refractivity contribution is 9.10. The fraction of sp³-hybridized carbons (Fsp3) is 0.130. The Morgan fingerprint density at radius 2 is 1.50 bits per heavy atom. The van der Waals surface area contributed by atoms with Gasteiger partial charge < -0.3 is 4.57 Å². The van der Waals surface area contributed by atoms with Gasteiger partial charge in [-0.25, -0.2) is 0 Å². The Kier molecular flexibility index (Phi) is 4.76. The fourth-order valence-electron chi connectivity index (χ4n) is 3.63. The first-order valence-corrected chi connectivity index (χ1v) is 10.2. The Morgan fingerprint density at radius 3 is 2.23 bits per heavy atom. The summed E-state index contributed by atoms with van der Waals surface area (Å²) in [6.45, 7) is 4.44. The summed E-state index contributed by atoms with van der Waals surface area (Å²) in [6, 6.07) is 26.3. The minimum absolute atomic E-state index is 0.243. The second-order valence-electron chi connectivity index (χ2n) is 6.65. The van der Waals surface area contributed by atoms with Gasteiger partial charge in [-0.1, -0.05) is 68.3 Å². The molecule has 0 saturated carbocycles. The lowest BCUT2D eigenvalue weighted by molar-refractivity contribution is 0.670. The normalized spacial score (nSPS) is 12.5. The summed E-state index contributed by atoms with van der Waals surface area (Å²) in [5.41, 5.74) is 6.34. The van der Waals surface area contributed by atoms with Gasteiger partial charge in [0.15, 0.2) is 0 Å². The summed E-state index contributed by atoms with van der Waals surface area (Å²) in [5.74, 6) is 0. The molecule has 0 aliphatic carbocycles. The molecule has 0 radical (unpaired) electrons. The SMILES string of the molecule is Cc1cc(Br)ccc1-c1cc2cc(Br)ccc2n1[C@@H](C)c1ccccc1. The van der Waals surface area contributed by atoms with Gasteiger partial charge >= 0.3 is 0 Å². The number of benzene rings is 3. The number of nitrogens with zero attached hydrogens (tertiary/aromatic N) is 1. The summed E-state index contributed by atoms with van der Waals surface area (Å²) in [4.78, 5) is 0. The zero-order valence-electron chi connectivity index (χ0n) is 14.7. The van der Waals surface area contributed by atoms with E-state index in [9.17, 15) is 0 Å². The molecule has 0 amide bonds. The second kappa shape index (κ2) is 7.05. The predicted molar refractivity (Wildman–Crippen MR) is 118 cm³/mol. The van der Waals surface area contributed by atoms with E-state index in [2.05, 4.69) is 123 Å². The molecule has 0 saturated heterocycles. The van der Waals surface area contributed by atoms with Crippen LogP contribution in [0.3, 0.4) is 0 Å². The maximum Gasteiger partial charge on any atom is 0.0563 e. The van der Waals surface area contributed by atoms with E-state index in [4.69, 9.17) is 0 Å². The van der Waals surface area contributed by atoms with Crippen molar-refractivity contribution in [3.8, 4) is 11.3 Å². The Balaban J connectivity index is 2.00. The van der Waals surface area contributed by atoms with Crippen LogP contribution < -0.4 is 0 Å². The molecule has 130 valence electrons. The topological polar surface area (TPSA) is 4.93 Å². The number of hydrogen-bond acceptors (Lipinski definition) is 0. The van der Waals surface area contributed by atoms with Crippen LogP contribution in [0.5, 0.6) is 0 Å². The monoisotopic (exact) mass is 467 g/mol. The van der Waals surface area contributed by atoms with Gasteiger partial charge in [0, 0.05) is 31.1 Å². The van der Waals surface area contributed by atoms with Crippen LogP contribution in [0.15, 0.2) is 81.7 Å². The molecule has 0 aliphatic heterocycles. The first-order valence-electron chi connectivity index (χ1n) is 8.66. The zero-order valence-corrected chi connectivity index (χ0v) is 17.9. The molecule has 3 heteroatoms. The molecule has 4 aromatic rings. The van der Waals surface area contributed by atoms with Crippen LogP contribution in [-0.2, 0) is 0 Å². The van der Waals surface area contributed by atoms with Crippen LogP contribution >= 0.6 is 31.9 Å². The predicted octanol–water partition coefficient (Wildman–Crippen LogP) is 7.75. The van der Waals surface area contributed by atoms with Crippen molar-refractivity contribution in [2.24, 2.45) is 0 Å². The Bertz CT molecular complexity index is 1080. The van der Waals surface area contributed by atoms with Crippen LogP contribution in [0.1, 0.15) is 24.1 Å². The van der Waals surface area contributed by atoms with Crippen molar-refractivity contribution in [1.29, 1.82) is 0 Å². The molecule has 0 aliphatic rings. The highest BCUT2D eigenvalue weighted by Crippen LogP contribution is 2.36. The van der Waals surface area contributed by atoms with Gasteiger partial charge in [0.2, 0.25) is 0 Å². The van der Waals surface area contributed by atoms with Gasteiger partial charge in [0.25, 0.3) is 0 Å². The van der Waals surface area contributed by atoms with Crippen molar-refractivity contribution in [2.75, 3.05) is 0 Å². The number of halogens is 2. The third-order valence-corrected chi connectivity index (χ3v) is 5.92. The first-order chi connectivity index (χ1) is 12.5. The number of hydrogen-bond donors (Lipinski definition) is 0. The summed E-state index contributed by atoms with van der Waals surface area (Å²) < 4.78 is 4.67. The minimum Gasteiger partial charge on any atom is -0.333 e. The van der Waals surface area contributed by atoms with E-state index in [0.29, 0.717) is 0 Å². The second-order valence-corrected chi connectivity index (χ2v) is 8.48. The Labute approximate surface area is 170 Å². The molecule has 3 aromatic carbocycles. The summed E-state index contributed by atoms with van der Waals surface area (Å²) in [7, 11) is 0. The van der Waals surface area contributed by atoms with Crippen LogP contribution in [-0.4, -0.2) is 4.57 Å².